The van der Waals surface area contributed by atoms with Gasteiger partial charge in [0, 0.05) is 35.6 Å². The summed E-state index contributed by atoms with van der Waals surface area (Å²) in [5.41, 5.74) is 2.35. The first-order chi connectivity index (χ1) is 12.7. The molecule has 0 aliphatic heterocycles. The number of thioether (sulfide) groups is 1. The van der Waals surface area contributed by atoms with Crippen LogP contribution in [0.2, 0.25) is 0 Å². The molecule has 6 heteroatoms. The Bertz CT molecular complexity index is 900. The molecule has 0 aliphatic carbocycles. The number of hydrogen-bond donors (Lipinski definition) is 0. The second-order valence-corrected chi connectivity index (χ2v) is 6.75. The highest BCUT2D eigenvalue weighted by molar-refractivity contribution is 7.99. The van der Waals surface area contributed by atoms with E-state index in [1.165, 1.54) is 5.56 Å². The fourth-order valence-electron chi connectivity index (χ4n) is 2.52. The summed E-state index contributed by atoms with van der Waals surface area (Å²) in [5, 5.41) is 11.9. The lowest BCUT2D eigenvalue weighted by atomic mass is 10.2. The fraction of sp³-hybridized carbons (Fsp3) is 0.0952. The molecule has 0 saturated heterocycles. The number of nitrogens with zero attached hydrogens (tertiary/aromatic N) is 2. The predicted molar refractivity (Wildman–Crippen MR) is 105 cm³/mol. The Morgan fingerprint density at radius 2 is 1.67 bits per heavy atom. The van der Waals surface area contributed by atoms with Crippen LogP contribution in [-0.2, 0) is 6.54 Å². The molecule has 1 heterocycles. The molecule has 0 aliphatic rings. The van der Waals surface area contributed by atoms with Gasteiger partial charge in [0.2, 0.25) is 5.03 Å². The Labute approximate surface area is 173 Å². The van der Waals surface area contributed by atoms with Crippen LogP contribution in [0.15, 0.2) is 90.1 Å². The number of nitro benzene ring substituents is 1. The van der Waals surface area contributed by atoms with Crippen LogP contribution < -0.4 is 21.5 Å². The van der Waals surface area contributed by atoms with Gasteiger partial charge in [-0.1, -0.05) is 54.2 Å². The molecule has 1 aromatic heterocycles. The molecule has 138 valence electrons. The maximum Gasteiger partial charge on any atom is 0.269 e. The minimum absolute atomic E-state index is 0. The summed E-state index contributed by atoms with van der Waals surface area (Å²) < 4.78 is 2.15. The van der Waals surface area contributed by atoms with Crippen LogP contribution >= 0.6 is 11.8 Å². The van der Waals surface area contributed by atoms with Crippen molar-refractivity contribution in [2.75, 3.05) is 5.75 Å². The van der Waals surface area contributed by atoms with E-state index in [0.29, 0.717) is 6.54 Å². The van der Waals surface area contributed by atoms with Gasteiger partial charge < -0.3 is 17.0 Å². The van der Waals surface area contributed by atoms with E-state index in [0.717, 1.165) is 16.3 Å². The number of rotatable bonds is 7. The van der Waals surface area contributed by atoms with Crippen molar-refractivity contribution in [3.05, 3.63) is 106 Å². The average molecular weight is 443 g/mol. The summed E-state index contributed by atoms with van der Waals surface area (Å²) in [6, 6.07) is 23.1. The van der Waals surface area contributed by atoms with E-state index in [9.17, 15) is 10.1 Å². The van der Waals surface area contributed by atoms with Gasteiger partial charge in [-0.05, 0) is 23.8 Å². The van der Waals surface area contributed by atoms with Crippen LogP contribution in [0.4, 0.5) is 5.69 Å². The molecule has 4 nitrogen and oxygen atoms in total. The average Bonchev–Trinajstić information content (AvgIpc) is 2.68. The largest absolute Gasteiger partial charge is 1.00 e. The van der Waals surface area contributed by atoms with Crippen molar-refractivity contribution >= 4 is 23.5 Å². The lowest BCUT2D eigenvalue weighted by Crippen LogP contribution is -3.00. The van der Waals surface area contributed by atoms with Crippen LogP contribution in [0.5, 0.6) is 0 Å². The molecule has 0 bridgehead atoms. The number of non-ortho nitro benzene ring substituents is 1. The third kappa shape index (κ3) is 6.34. The van der Waals surface area contributed by atoms with E-state index in [2.05, 4.69) is 34.9 Å². The smallest absolute Gasteiger partial charge is 0.269 e. The lowest BCUT2D eigenvalue weighted by molar-refractivity contribution is -0.724. The van der Waals surface area contributed by atoms with Crippen molar-refractivity contribution < 1.29 is 26.5 Å². The summed E-state index contributed by atoms with van der Waals surface area (Å²) in [4.78, 5) is 10.4. The third-order valence-corrected chi connectivity index (χ3v) is 4.86. The van der Waals surface area contributed by atoms with Gasteiger partial charge >= 0.3 is 0 Å². The van der Waals surface area contributed by atoms with Gasteiger partial charge in [-0.25, -0.2) is 0 Å². The number of halogens is 1. The van der Waals surface area contributed by atoms with Crippen molar-refractivity contribution in [2.24, 2.45) is 0 Å². The van der Waals surface area contributed by atoms with Crippen molar-refractivity contribution in [2.45, 2.75) is 11.6 Å². The fourth-order valence-corrected chi connectivity index (χ4v) is 3.35. The van der Waals surface area contributed by atoms with Crippen LogP contribution in [0.3, 0.4) is 0 Å². The molecule has 0 radical (unpaired) electrons. The number of hydrogen-bond acceptors (Lipinski definition) is 3. The van der Waals surface area contributed by atoms with Gasteiger partial charge in [0.15, 0.2) is 12.7 Å². The monoisotopic (exact) mass is 442 g/mol. The number of benzene rings is 2. The predicted octanol–water partition coefficient (Wildman–Crippen LogP) is 1.74. The first kappa shape index (κ1) is 20.9. The molecule has 0 fully saturated rings. The topological polar surface area (TPSA) is 47.0 Å². The van der Waals surface area contributed by atoms with Crippen molar-refractivity contribution in [1.29, 1.82) is 0 Å². The molecule has 0 atom stereocenters. The number of nitro groups is 1. The summed E-state index contributed by atoms with van der Waals surface area (Å²) in [7, 11) is 0. The van der Waals surface area contributed by atoms with Gasteiger partial charge in [0.05, 0.1) is 4.92 Å². The molecular weight excluding hydrogens is 424 g/mol. The molecule has 0 unspecified atom stereocenters. The van der Waals surface area contributed by atoms with Gasteiger partial charge in [-0.2, -0.15) is 4.57 Å². The summed E-state index contributed by atoms with van der Waals surface area (Å²) in [6.07, 6.45) is 6.31. The van der Waals surface area contributed by atoms with E-state index >= 15 is 0 Å². The maximum atomic E-state index is 10.8. The van der Waals surface area contributed by atoms with E-state index in [4.69, 9.17) is 0 Å². The Hall–Kier alpha value is -2.44. The van der Waals surface area contributed by atoms with Crippen LogP contribution in [0.1, 0.15) is 11.1 Å². The molecule has 27 heavy (non-hydrogen) atoms. The van der Waals surface area contributed by atoms with E-state index in [1.807, 2.05) is 48.7 Å². The minimum atomic E-state index is -0.375. The standard InChI is InChI=1S/C21H19N2O2S.BrH/c24-23(25)20-13-11-19(12-14-20)17-22-15-5-4-10-21(22)26-16-6-9-18-7-2-1-3-8-18;/h1-15H,16-17H2;1H/q+1;/p-1. The highest BCUT2D eigenvalue weighted by Crippen LogP contribution is 2.16. The van der Waals surface area contributed by atoms with Gasteiger partial charge in [-0.15, -0.1) is 0 Å². The van der Waals surface area contributed by atoms with Gasteiger partial charge in [0.1, 0.15) is 0 Å². The first-order valence-corrected chi connectivity index (χ1v) is 9.27. The second-order valence-electron chi connectivity index (χ2n) is 5.71. The van der Waals surface area contributed by atoms with Crippen LogP contribution in [0, 0.1) is 10.1 Å². The normalized spacial score (nSPS) is 10.5. The molecule has 0 N–H and O–H groups in total. The van der Waals surface area contributed by atoms with Crippen molar-refractivity contribution in [3.63, 3.8) is 0 Å². The Kier molecular flexibility index (Phi) is 8.23. The number of pyridine rings is 1. The Morgan fingerprint density at radius 1 is 0.963 bits per heavy atom. The van der Waals surface area contributed by atoms with Crippen molar-refractivity contribution in [3.8, 4) is 0 Å². The maximum absolute atomic E-state index is 10.8. The quantitative estimate of drug-likeness (QED) is 0.242. The number of aromatic nitrogens is 1. The molecule has 3 rings (SSSR count). The Balaban J connectivity index is 0.00000261. The molecule has 2 aromatic carbocycles. The zero-order valence-corrected chi connectivity index (χ0v) is 17.0. The Morgan fingerprint density at radius 3 is 2.37 bits per heavy atom. The zero-order chi connectivity index (χ0) is 18.2. The molecule has 3 aromatic rings. The van der Waals surface area contributed by atoms with Gasteiger partial charge in [-0.3, -0.25) is 10.1 Å². The summed E-state index contributed by atoms with van der Waals surface area (Å²) in [6.45, 7) is 0.684. The second kappa shape index (κ2) is 10.6. The summed E-state index contributed by atoms with van der Waals surface area (Å²) in [5.74, 6) is 0.874. The van der Waals surface area contributed by atoms with Crippen molar-refractivity contribution in [1.82, 2.24) is 0 Å². The SMILES string of the molecule is O=[N+]([O-])c1ccc(C[n+]2ccccc2SCC=Cc2ccccc2)cc1.[Br-]. The molecule has 0 amide bonds. The van der Waals surface area contributed by atoms with Crippen LogP contribution in [0.25, 0.3) is 6.08 Å². The first-order valence-electron chi connectivity index (χ1n) is 8.28. The molecule has 0 spiro atoms. The molecule has 0 saturated carbocycles. The zero-order valence-electron chi connectivity index (χ0n) is 14.6. The van der Waals surface area contributed by atoms with E-state index < -0.39 is 0 Å². The van der Waals surface area contributed by atoms with Gasteiger partial charge in [0.25, 0.3) is 5.69 Å². The highest BCUT2D eigenvalue weighted by atomic mass is 79.9. The third-order valence-electron chi connectivity index (χ3n) is 3.84. The minimum Gasteiger partial charge on any atom is -1.00 e. The summed E-state index contributed by atoms with van der Waals surface area (Å²) >= 11 is 1.76. The van der Waals surface area contributed by atoms with Crippen LogP contribution in [-0.4, -0.2) is 10.7 Å². The highest BCUT2D eigenvalue weighted by Gasteiger charge is 2.12. The lowest BCUT2D eigenvalue weighted by Gasteiger charge is -2.03. The molecular formula is C21H19BrN2O2S. The van der Waals surface area contributed by atoms with E-state index in [1.54, 1.807) is 23.9 Å². The van der Waals surface area contributed by atoms with E-state index in [-0.39, 0.29) is 27.6 Å².